The Morgan fingerprint density at radius 2 is 1.84 bits per heavy atom. The van der Waals surface area contributed by atoms with E-state index in [-0.39, 0.29) is 5.97 Å². The van der Waals surface area contributed by atoms with Crippen LogP contribution in [0.3, 0.4) is 0 Å². The third kappa shape index (κ3) is 3.61. The molecular formula is C14H21NO4. The van der Waals surface area contributed by atoms with Gasteiger partial charge in [-0.1, -0.05) is 6.07 Å². The van der Waals surface area contributed by atoms with E-state index in [0.29, 0.717) is 18.1 Å². The number of esters is 1. The Balaban J connectivity index is 3.13. The number of rotatable bonds is 6. The van der Waals surface area contributed by atoms with Gasteiger partial charge >= 0.3 is 5.97 Å². The minimum atomic E-state index is -0.459. The van der Waals surface area contributed by atoms with Crippen molar-refractivity contribution < 1.29 is 19.0 Å². The number of hydrogen-bond donors (Lipinski definition) is 0. The molecule has 5 nitrogen and oxygen atoms in total. The molecule has 19 heavy (non-hydrogen) atoms. The molecule has 1 unspecified atom stereocenters. The maximum Gasteiger partial charge on any atom is 0.327 e. The number of nitrogens with zero attached hydrogens (tertiary/aromatic N) is 1. The van der Waals surface area contributed by atoms with Crippen molar-refractivity contribution in [2.75, 3.05) is 34.9 Å². The number of likely N-dealkylation sites (N-methyl/N-ethyl adjacent to an activating group) is 1. The van der Waals surface area contributed by atoms with Crippen LogP contribution in [0.2, 0.25) is 0 Å². The number of carbonyl (C=O) groups is 1. The lowest BCUT2D eigenvalue weighted by Crippen LogP contribution is -2.29. The molecule has 0 fully saturated rings. The van der Waals surface area contributed by atoms with Gasteiger partial charge in [-0.05, 0) is 38.7 Å². The maximum atomic E-state index is 12.0. The number of methoxy groups -OCH3 is 2. The van der Waals surface area contributed by atoms with Crippen molar-refractivity contribution in [1.29, 1.82) is 0 Å². The van der Waals surface area contributed by atoms with Crippen molar-refractivity contribution in [3.05, 3.63) is 23.8 Å². The fraction of sp³-hybridized carbons (Fsp3) is 0.500. The average Bonchev–Trinajstić information content (AvgIpc) is 2.38. The van der Waals surface area contributed by atoms with Gasteiger partial charge in [-0.25, -0.2) is 4.79 Å². The highest BCUT2D eigenvalue weighted by Crippen LogP contribution is 2.31. The fourth-order valence-electron chi connectivity index (χ4n) is 1.89. The highest BCUT2D eigenvalue weighted by atomic mass is 16.5. The lowest BCUT2D eigenvalue weighted by Gasteiger charge is -2.23. The quantitative estimate of drug-likeness (QED) is 0.736. The van der Waals surface area contributed by atoms with E-state index in [9.17, 15) is 4.79 Å². The number of benzene rings is 1. The van der Waals surface area contributed by atoms with Crippen LogP contribution < -0.4 is 9.47 Å². The molecule has 0 amide bonds. The van der Waals surface area contributed by atoms with Gasteiger partial charge in [-0.3, -0.25) is 4.90 Å². The van der Waals surface area contributed by atoms with Crippen LogP contribution in [0.5, 0.6) is 11.5 Å². The summed E-state index contributed by atoms with van der Waals surface area (Å²) in [6.07, 6.45) is 0. The van der Waals surface area contributed by atoms with Crippen LogP contribution in [0.4, 0.5) is 0 Å². The number of hydrogen-bond acceptors (Lipinski definition) is 5. The van der Waals surface area contributed by atoms with E-state index < -0.39 is 6.04 Å². The van der Waals surface area contributed by atoms with Crippen LogP contribution in [-0.4, -0.2) is 45.8 Å². The van der Waals surface area contributed by atoms with Gasteiger partial charge in [0, 0.05) is 0 Å². The summed E-state index contributed by atoms with van der Waals surface area (Å²) in [6.45, 7) is 2.15. The zero-order chi connectivity index (χ0) is 14.4. The predicted molar refractivity (Wildman–Crippen MR) is 72.6 cm³/mol. The molecule has 0 radical (unpaired) electrons. The van der Waals surface area contributed by atoms with Crippen molar-refractivity contribution in [2.24, 2.45) is 0 Å². The molecule has 1 aromatic rings. The first-order valence-electron chi connectivity index (χ1n) is 6.10. The van der Waals surface area contributed by atoms with Gasteiger partial charge in [-0.2, -0.15) is 0 Å². The summed E-state index contributed by atoms with van der Waals surface area (Å²) in [6, 6.07) is 4.95. The van der Waals surface area contributed by atoms with Gasteiger partial charge in [0.15, 0.2) is 11.5 Å². The summed E-state index contributed by atoms with van der Waals surface area (Å²) in [5.41, 5.74) is 0.807. The molecule has 0 N–H and O–H groups in total. The molecule has 1 aromatic carbocycles. The van der Waals surface area contributed by atoms with E-state index >= 15 is 0 Å². The average molecular weight is 267 g/mol. The van der Waals surface area contributed by atoms with E-state index in [4.69, 9.17) is 14.2 Å². The van der Waals surface area contributed by atoms with Gasteiger partial charge in [0.2, 0.25) is 0 Å². The molecule has 0 spiro atoms. The summed E-state index contributed by atoms with van der Waals surface area (Å²) < 4.78 is 15.5. The Labute approximate surface area is 114 Å². The molecule has 0 saturated carbocycles. The Hall–Kier alpha value is -1.75. The second-order valence-corrected chi connectivity index (χ2v) is 4.23. The first-order chi connectivity index (χ1) is 9.04. The summed E-state index contributed by atoms with van der Waals surface area (Å²) in [5, 5.41) is 0. The van der Waals surface area contributed by atoms with E-state index in [1.165, 1.54) is 0 Å². The largest absolute Gasteiger partial charge is 0.493 e. The highest BCUT2D eigenvalue weighted by molar-refractivity contribution is 5.78. The summed E-state index contributed by atoms with van der Waals surface area (Å²) in [7, 11) is 6.81. The van der Waals surface area contributed by atoms with Crippen molar-refractivity contribution in [3.63, 3.8) is 0 Å². The van der Waals surface area contributed by atoms with Crippen LogP contribution in [0, 0.1) is 0 Å². The molecule has 0 saturated heterocycles. The van der Waals surface area contributed by atoms with Gasteiger partial charge in [-0.15, -0.1) is 0 Å². The maximum absolute atomic E-state index is 12.0. The Morgan fingerprint density at radius 3 is 2.32 bits per heavy atom. The molecule has 0 aliphatic carbocycles. The Bertz CT molecular complexity index is 431. The zero-order valence-electron chi connectivity index (χ0n) is 12.1. The molecule has 1 rings (SSSR count). The fourth-order valence-corrected chi connectivity index (χ4v) is 1.89. The molecule has 0 aliphatic heterocycles. The normalized spacial score (nSPS) is 12.1. The molecule has 1 atom stereocenters. The van der Waals surface area contributed by atoms with Crippen molar-refractivity contribution in [2.45, 2.75) is 13.0 Å². The van der Waals surface area contributed by atoms with Crippen molar-refractivity contribution in [1.82, 2.24) is 4.90 Å². The highest BCUT2D eigenvalue weighted by Gasteiger charge is 2.25. The predicted octanol–water partition coefficient (Wildman–Crippen LogP) is 1.87. The molecule has 0 bridgehead atoms. The zero-order valence-corrected chi connectivity index (χ0v) is 12.1. The minimum absolute atomic E-state index is 0.278. The summed E-state index contributed by atoms with van der Waals surface area (Å²) in [4.78, 5) is 13.8. The Kier molecular flexibility index (Phi) is 5.63. The van der Waals surface area contributed by atoms with Gasteiger partial charge in [0.05, 0.1) is 20.8 Å². The molecular weight excluding hydrogens is 246 g/mol. The van der Waals surface area contributed by atoms with Crippen LogP contribution in [0.1, 0.15) is 18.5 Å². The Morgan fingerprint density at radius 1 is 1.21 bits per heavy atom. The topological polar surface area (TPSA) is 48.0 Å². The van der Waals surface area contributed by atoms with Crippen molar-refractivity contribution in [3.8, 4) is 11.5 Å². The molecule has 0 aromatic heterocycles. The van der Waals surface area contributed by atoms with E-state index in [1.807, 2.05) is 20.2 Å². The molecule has 0 aliphatic rings. The minimum Gasteiger partial charge on any atom is -0.493 e. The van der Waals surface area contributed by atoms with E-state index in [1.54, 1.807) is 38.2 Å². The number of carbonyl (C=O) groups excluding carboxylic acids is 1. The van der Waals surface area contributed by atoms with E-state index in [2.05, 4.69) is 0 Å². The standard InChI is InChI=1S/C14H21NO4/c1-6-19-14(16)13(15(2)3)10-7-8-11(17-4)12(9-10)18-5/h7-9,13H,6H2,1-5H3. The second-order valence-electron chi connectivity index (χ2n) is 4.23. The second kappa shape index (κ2) is 6.99. The molecule has 0 heterocycles. The number of ether oxygens (including phenoxy) is 3. The first kappa shape index (κ1) is 15.3. The SMILES string of the molecule is CCOC(=O)C(c1ccc(OC)c(OC)c1)N(C)C. The van der Waals surface area contributed by atoms with Crippen molar-refractivity contribution >= 4 is 5.97 Å². The third-order valence-corrected chi connectivity index (χ3v) is 2.75. The molecule has 106 valence electrons. The monoisotopic (exact) mass is 267 g/mol. The lowest BCUT2D eigenvalue weighted by atomic mass is 10.1. The van der Waals surface area contributed by atoms with Crippen LogP contribution in [0.15, 0.2) is 18.2 Å². The smallest absolute Gasteiger partial charge is 0.327 e. The summed E-state index contributed by atoms with van der Waals surface area (Å²) >= 11 is 0. The van der Waals surface area contributed by atoms with Crippen LogP contribution in [0.25, 0.3) is 0 Å². The van der Waals surface area contributed by atoms with Crippen LogP contribution >= 0.6 is 0 Å². The third-order valence-electron chi connectivity index (χ3n) is 2.75. The molecule has 5 heteroatoms. The van der Waals surface area contributed by atoms with Gasteiger partial charge < -0.3 is 14.2 Å². The first-order valence-corrected chi connectivity index (χ1v) is 6.10. The van der Waals surface area contributed by atoms with Gasteiger partial charge in [0.1, 0.15) is 6.04 Å². The van der Waals surface area contributed by atoms with Gasteiger partial charge in [0.25, 0.3) is 0 Å². The van der Waals surface area contributed by atoms with Crippen LogP contribution in [-0.2, 0) is 9.53 Å². The summed E-state index contributed by atoms with van der Waals surface area (Å²) in [5.74, 6) is 0.948. The van der Waals surface area contributed by atoms with E-state index in [0.717, 1.165) is 5.56 Å². The lowest BCUT2D eigenvalue weighted by molar-refractivity contribution is -0.148.